The zero-order valence-corrected chi connectivity index (χ0v) is 8.20. The van der Waals surface area contributed by atoms with Crippen LogP contribution in [0.15, 0.2) is 24.3 Å². The lowest BCUT2D eigenvalue weighted by Gasteiger charge is -2.02. The highest BCUT2D eigenvalue weighted by Gasteiger charge is 2.02. The Hall–Kier alpha value is -1.33. The molecule has 14 heavy (non-hydrogen) atoms. The summed E-state index contributed by atoms with van der Waals surface area (Å²) in [6, 6.07) is 6.24. The molecule has 0 unspecified atom stereocenters. The van der Waals surface area contributed by atoms with Crippen LogP contribution in [0.4, 0.5) is 11.4 Å². The maximum Gasteiger partial charge on any atom is 0.269 e. The van der Waals surface area contributed by atoms with Crippen molar-refractivity contribution in [2.45, 2.75) is 0 Å². The number of hydrogen-bond donors (Lipinski definition) is 2. The summed E-state index contributed by atoms with van der Waals surface area (Å²) in [7, 11) is 0. The van der Waals surface area contributed by atoms with Crippen molar-refractivity contribution in [3.8, 4) is 0 Å². The molecule has 0 radical (unpaired) electrons. The van der Waals surface area contributed by atoms with Crippen molar-refractivity contribution in [1.82, 2.24) is 0 Å². The molecule has 0 saturated heterocycles. The summed E-state index contributed by atoms with van der Waals surface area (Å²) in [4.78, 5) is 9.87. The van der Waals surface area contributed by atoms with E-state index in [0.717, 1.165) is 5.69 Å². The zero-order valence-electron chi connectivity index (χ0n) is 7.44. The Morgan fingerprint density at radius 2 is 1.93 bits per heavy atom. The highest BCUT2D eigenvalue weighted by molar-refractivity contribution is 5.48. The van der Waals surface area contributed by atoms with E-state index < -0.39 is 4.92 Å². The van der Waals surface area contributed by atoms with E-state index in [4.69, 9.17) is 5.73 Å². The van der Waals surface area contributed by atoms with Crippen molar-refractivity contribution in [3.05, 3.63) is 34.4 Å². The third kappa shape index (κ3) is 3.59. The second kappa shape index (κ2) is 6.17. The van der Waals surface area contributed by atoms with E-state index in [2.05, 4.69) is 5.32 Å². The Kier molecular flexibility index (Phi) is 5.59. The van der Waals surface area contributed by atoms with Gasteiger partial charge < -0.3 is 23.5 Å². The summed E-state index contributed by atoms with van der Waals surface area (Å²) in [5.74, 6) is 0. The molecule has 6 heteroatoms. The summed E-state index contributed by atoms with van der Waals surface area (Å²) in [6.07, 6.45) is 0. The van der Waals surface area contributed by atoms with Gasteiger partial charge in [0.2, 0.25) is 0 Å². The molecule has 0 heterocycles. The Morgan fingerprint density at radius 3 is 2.36 bits per heavy atom. The first-order valence-electron chi connectivity index (χ1n) is 3.92. The molecule has 0 aromatic heterocycles. The Labute approximate surface area is 87.9 Å². The number of rotatable bonds is 4. The molecule has 0 aliphatic heterocycles. The molecule has 0 fully saturated rings. The minimum absolute atomic E-state index is 0. The predicted molar refractivity (Wildman–Crippen MR) is 50.6 cm³/mol. The Morgan fingerprint density at radius 1 is 1.36 bits per heavy atom. The molecule has 0 aliphatic rings. The van der Waals surface area contributed by atoms with Crippen molar-refractivity contribution in [2.24, 2.45) is 5.73 Å². The highest BCUT2D eigenvalue weighted by atomic mass is 35.5. The monoisotopic (exact) mass is 216 g/mol. The van der Waals surface area contributed by atoms with Crippen LogP contribution in [-0.4, -0.2) is 18.0 Å². The van der Waals surface area contributed by atoms with Crippen molar-refractivity contribution in [1.29, 1.82) is 0 Å². The largest absolute Gasteiger partial charge is 1.00 e. The fraction of sp³-hybridized carbons (Fsp3) is 0.250. The fourth-order valence-electron chi connectivity index (χ4n) is 0.918. The molecule has 0 aliphatic carbocycles. The van der Waals surface area contributed by atoms with Gasteiger partial charge in [-0.15, -0.1) is 0 Å². The lowest BCUT2D eigenvalue weighted by atomic mass is 10.3. The van der Waals surface area contributed by atoms with Crippen molar-refractivity contribution in [2.75, 3.05) is 18.4 Å². The normalized spacial score (nSPS) is 8.93. The van der Waals surface area contributed by atoms with Gasteiger partial charge in [-0.2, -0.15) is 0 Å². The SMILES string of the molecule is NCCNc1ccc([N+](=O)[O-])cc1.[Cl-]. The molecule has 1 rings (SSSR count). The number of hydrogen-bond acceptors (Lipinski definition) is 4. The molecule has 0 amide bonds. The standard InChI is InChI=1S/C8H11N3O2.ClH/c9-5-6-10-7-1-3-8(4-2-7)11(12)13;/h1-4,10H,5-6,9H2;1H/p-1. The smallest absolute Gasteiger partial charge is 0.269 e. The average Bonchev–Trinajstić information content (AvgIpc) is 2.15. The quantitative estimate of drug-likeness (QED) is 0.449. The van der Waals surface area contributed by atoms with Crippen LogP contribution in [0.3, 0.4) is 0 Å². The number of non-ortho nitro benzene ring substituents is 1. The molecule has 0 bridgehead atoms. The van der Waals surface area contributed by atoms with Crippen molar-refractivity contribution < 1.29 is 17.3 Å². The summed E-state index contributed by atoms with van der Waals surface area (Å²) in [6.45, 7) is 1.20. The fourth-order valence-corrected chi connectivity index (χ4v) is 0.918. The lowest BCUT2D eigenvalue weighted by Crippen LogP contribution is -3.00. The van der Waals surface area contributed by atoms with E-state index in [1.807, 2.05) is 0 Å². The van der Waals surface area contributed by atoms with Crippen LogP contribution in [0, 0.1) is 10.1 Å². The van der Waals surface area contributed by atoms with Crippen LogP contribution >= 0.6 is 0 Å². The predicted octanol–water partition coefficient (Wildman–Crippen LogP) is -2.03. The van der Waals surface area contributed by atoms with E-state index in [0.29, 0.717) is 13.1 Å². The lowest BCUT2D eigenvalue weighted by molar-refractivity contribution is -0.384. The molecule has 5 nitrogen and oxygen atoms in total. The molecule has 0 saturated carbocycles. The molecular weight excluding hydrogens is 206 g/mol. The van der Waals surface area contributed by atoms with Gasteiger partial charge in [0.25, 0.3) is 5.69 Å². The van der Waals surface area contributed by atoms with Gasteiger partial charge in [0.15, 0.2) is 0 Å². The second-order valence-corrected chi connectivity index (χ2v) is 2.52. The van der Waals surface area contributed by atoms with E-state index in [1.54, 1.807) is 12.1 Å². The highest BCUT2D eigenvalue weighted by Crippen LogP contribution is 2.14. The van der Waals surface area contributed by atoms with E-state index >= 15 is 0 Å². The molecule has 0 spiro atoms. The van der Waals surface area contributed by atoms with Crippen LogP contribution in [0.1, 0.15) is 0 Å². The second-order valence-electron chi connectivity index (χ2n) is 2.52. The first-order chi connectivity index (χ1) is 6.24. The minimum Gasteiger partial charge on any atom is -1.00 e. The van der Waals surface area contributed by atoms with Gasteiger partial charge in [0.1, 0.15) is 0 Å². The van der Waals surface area contributed by atoms with Gasteiger partial charge in [-0.1, -0.05) is 0 Å². The number of nitro benzene ring substituents is 1. The number of nitrogens with two attached hydrogens (primary N) is 1. The minimum atomic E-state index is -0.424. The van der Waals surface area contributed by atoms with Gasteiger partial charge in [0, 0.05) is 30.9 Å². The third-order valence-corrected chi connectivity index (χ3v) is 1.55. The van der Waals surface area contributed by atoms with Crippen LogP contribution in [0.5, 0.6) is 0 Å². The van der Waals surface area contributed by atoms with E-state index in [-0.39, 0.29) is 18.1 Å². The summed E-state index contributed by atoms with van der Waals surface area (Å²) in [5.41, 5.74) is 6.22. The number of nitrogens with one attached hydrogen (secondary N) is 1. The van der Waals surface area contributed by atoms with E-state index in [1.165, 1.54) is 12.1 Å². The first-order valence-corrected chi connectivity index (χ1v) is 3.92. The van der Waals surface area contributed by atoms with E-state index in [9.17, 15) is 10.1 Å². The Balaban J connectivity index is 0.00000169. The number of benzene rings is 1. The van der Waals surface area contributed by atoms with Gasteiger partial charge >= 0.3 is 0 Å². The topological polar surface area (TPSA) is 81.2 Å². The summed E-state index contributed by atoms with van der Waals surface area (Å²) < 4.78 is 0. The maximum atomic E-state index is 10.3. The number of halogens is 1. The van der Waals surface area contributed by atoms with Gasteiger partial charge in [-0.05, 0) is 12.1 Å². The van der Waals surface area contributed by atoms with Crippen molar-refractivity contribution >= 4 is 11.4 Å². The Bertz CT molecular complexity index is 289. The van der Waals surface area contributed by atoms with Crippen LogP contribution in [0.2, 0.25) is 0 Å². The van der Waals surface area contributed by atoms with Gasteiger partial charge in [0.05, 0.1) is 4.92 Å². The molecule has 1 aromatic rings. The summed E-state index contributed by atoms with van der Waals surface area (Å²) >= 11 is 0. The van der Waals surface area contributed by atoms with Gasteiger partial charge in [-0.3, -0.25) is 10.1 Å². The van der Waals surface area contributed by atoms with Crippen LogP contribution in [0.25, 0.3) is 0 Å². The van der Waals surface area contributed by atoms with Crippen LogP contribution in [-0.2, 0) is 0 Å². The molecular formula is C8H11ClN3O2-. The molecule has 3 N–H and O–H groups in total. The number of nitrogens with zero attached hydrogens (tertiary/aromatic N) is 1. The first kappa shape index (κ1) is 12.7. The van der Waals surface area contributed by atoms with Crippen molar-refractivity contribution in [3.63, 3.8) is 0 Å². The average molecular weight is 217 g/mol. The zero-order chi connectivity index (χ0) is 9.68. The van der Waals surface area contributed by atoms with Crippen LogP contribution < -0.4 is 23.5 Å². The summed E-state index contributed by atoms with van der Waals surface area (Å²) in [5, 5.41) is 13.3. The number of nitro groups is 1. The molecule has 78 valence electrons. The molecule has 1 aromatic carbocycles. The third-order valence-electron chi connectivity index (χ3n) is 1.55. The molecule has 0 atom stereocenters. The number of anilines is 1. The maximum absolute atomic E-state index is 10.3. The van der Waals surface area contributed by atoms with Gasteiger partial charge in [-0.25, -0.2) is 0 Å².